The van der Waals surface area contributed by atoms with Gasteiger partial charge in [-0.1, -0.05) is 36.4 Å². The minimum Gasteiger partial charge on any atom is -0.491 e. The molecule has 114 valence electrons. The Hall–Kier alpha value is -2.40. The van der Waals surface area contributed by atoms with Crippen LogP contribution in [0.3, 0.4) is 0 Å². The van der Waals surface area contributed by atoms with Crippen molar-refractivity contribution in [1.82, 2.24) is 10.6 Å². The summed E-state index contributed by atoms with van der Waals surface area (Å²) in [6, 6.07) is 16.8. The van der Waals surface area contributed by atoms with Gasteiger partial charge in [-0.15, -0.1) is 0 Å². The number of hydrogen-bond donors (Lipinski definition) is 2. The van der Waals surface area contributed by atoms with E-state index in [0.29, 0.717) is 23.8 Å². The van der Waals surface area contributed by atoms with Crippen LogP contribution >= 0.6 is 12.2 Å². The lowest BCUT2D eigenvalue weighted by atomic mass is 10.2. The van der Waals surface area contributed by atoms with Crippen molar-refractivity contribution >= 4 is 23.2 Å². The van der Waals surface area contributed by atoms with Crippen LogP contribution in [0.2, 0.25) is 0 Å². The highest BCUT2D eigenvalue weighted by molar-refractivity contribution is 7.80. The Morgan fingerprint density at radius 1 is 1.09 bits per heavy atom. The highest BCUT2D eigenvalue weighted by Crippen LogP contribution is 2.15. The van der Waals surface area contributed by atoms with E-state index in [1.54, 1.807) is 24.3 Å². The Balaban J connectivity index is 1.70. The van der Waals surface area contributed by atoms with Gasteiger partial charge in [-0.3, -0.25) is 10.1 Å². The van der Waals surface area contributed by atoms with Crippen molar-refractivity contribution < 1.29 is 9.53 Å². The van der Waals surface area contributed by atoms with Crippen LogP contribution in [0.25, 0.3) is 0 Å². The third-order valence-electron chi connectivity index (χ3n) is 3.00. The summed E-state index contributed by atoms with van der Waals surface area (Å²) in [7, 11) is 0. The van der Waals surface area contributed by atoms with E-state index in [1.807, 2.05) is 37.3 Å². The molecule has 0 spiro atoms. The number of amides is 1. The summed E-state index contributed by atoms with van der Waals surface area (Å²) in [5.74, 6) is 0.626. The fraction of sp³-hybridized carbons (Fsp3) is 0.176. The highest BCUT2D eigenvalue weighted by atomic mass is 32.1. The molecule has 0 saturated heterocycles. The first-order valence-corrected chi connectivity index (χ1v) is 7.40. The van der Waals surface area contributed by atoms with Gasteiger partial charge in [0.1, 0.15) is 12.4 Å². The second-order valence-corrected chi connectivity index (χ2v) is 5.10. The van der Waals surface area contributed by atoms with Gasteiger partial charge in [0.05, 0.1) is 6.54 Å². The van der Waals surface area contributed by atoms with Crippen LogP contribution in [0.4, 0.5) is 0 Å². The summed E-state index contributed by atoms with van der Waals surface area (Å²) in [5, 5.41) is 5.87. The predicted octanol–water partition coefficient (Wildman–Crippen LogP) is 2.68. The van der Waals surface area contributed by atoms with E-state index in [9.17, 15) is 4.79 Å². The minimum atomic E-state index is -0.224. The van der Waals surface area contributed by atoms with E-state index in [4.69, 9.17) is 17.0 Å². The van der Waals surface area contributed by atoms with Crippen LogP contribution in [0.1, 0.15) is 15.9 Å². The molecule has 0 saturated carbocycles. The molecule has 2 aromatic rings. The van der Waals surface area contributed by atoms with Crippen LogP contribution in [0, 0.1) is 6.92 Å². The van der Waals surface area contributed by atoms with E-state index >= 15 is 0 Å². The Labute approximate surface area is 135 Å². The summed E-state index contributed by atoms with van der Waals surface area (Å²) in [6.45, 7) is 2.97. The standard InChI is InChI=1S/C17H18N2O2S/c1-13-7-5-6-10-15(13)21-12-11-18-17(22)19-16(20)14-8-3-2-4-9-14/h2-10H,11-12H2,1H3,(H2,18,19,20,22). The number of para-hydroxylation sites is 1. The highest BCUT2D eigenvalue weighted by Gasteiger charge is 2.06. The van der Waals surface area contributed by atoms with Gasteiger partial charge in [0, 0.05) is 5.56 Å². The number of hydrogen-bond acceptors (Lipinski definition) is 3. The van der Waals surface area contributed by atoms with Gasteiger partial charge in [-0.05, 0) is 42.9 Å². The van der Waals surface area contributed by atoms with Crippen LogP contribution in [-0.2, 0) is 0 Å². The first kappa shape index (κ1) is 16.0. The SMILES string of the molecule is Cc1ccccc1OCCNC(=S)NC(=O)c1ccccc1. The third kappa shape index (κ3) is 4.86. The fourth-order valence-corrected chi connectivity index (χ4v) is 2.05. The summed E-state index contributed by atoms with van der Waals surface area (Å²) in [4.78, 5) is 11.9. The number of rotatable bonds is 5. The molecule has 0 aliphatic heterocycles. The molecule has 0 aromatic heterocycles. The molecule has 2 rings (SSSR count). The van der Waals surface area contributed by atoms with Gasteiger partial charge in [0.2, 0.25) is 0 Å². The van der Waals surface area contributed by atoms with Gasteiger partial charge in [-0.25, -0.2) is 0 Å². The van der Waals surface area contributed by atoms with Gasteiger partial charge in [0.25, 0.3) is 5.91 Å². The molecule has 0 atom stereocenters. The Kier molecular flexibility index (Phi) is 5.91. The molecule has 1 amide bonds. The zero-order valence-electron chi connectivity index (χ0n) is 12.3. The van der Waals surface area contributed by atoms with E-state index in [1.165, 1.54) is 0 Å². The topological polar surface area (TPSA) is 50.4 Å². The van der Waals surface area contributed by atoms with Crippen molar-refractivity contribution in [2.24, 2.45) is 0 Å². The zero-order valence-corrected chi connectivity index (χ0v) is 13.2. The molecular weight excluding hydrogens is 296 g/mol. The fourth-order valence-electron chi connectivity index (χ4n) is 1.85. The van der Waals surface area contributed by atoms with Crippen molar-refractivity contribution in [2.45, 2.75) is 6.92 Å². The van der Waals surface area contributed by atoms with Gasteiger partial charge in [0.15, 0.2) is 5.11 Å². The molecule has 0 radical (unpaired) electrons. The Morgan fingerprint density at radius 3 is 2.50 bits per heavy atom. The first-order chi connectivity index (χ1) is 10.7. The van der Waals surface area contributed by atoms with Crippen molar-refractivity contribution in [3.05, 3.63) is 65.7 Å². The number of nitrogens with one attached hydrogen (secondary N) is 2. The number of thiocarbonyl (C=S) groups is 1. The molecule has 2 aromatic carbocycles. The quantitative estimate of drug-likeness (QED) is 0.658. The molecular formula is C17H18N2O2S. The summed E-state index contributed by atoms with van der Waals surface area (Å²) in [5.41, 5.74) is 1.66. The smallest absolute Gasteiger partial charge is 0.257 e. The second-order valence-electron chi connectivity index (χ2n) is 4.69. The first-order valence-electron chi connectivity index (χ1n) is 6.99. The van der Waals surface area contributed by atoms with E-state index in [-0.39, 0.29) is 5.91 Å². The van der Waals surface area contributed by atoms with Crippen molar-refractivity contribution in [3.63, 3.8) is 0 Å². The normalized spacial score (nSPS) is 9.86. The van der Waals surface area contributed by atoms with Crippen LogP contribution in [0.5, 0.6) is 5.75 Å². The van der Waals surface area contributed by atoms with Gasteiger partial charge in [-0.2, -0.15) is 0 Å². The van der Waals surface area contributed by atoms with Gasteiger partial charge < -0.3 is 10.1 Å². The van der Waals surface area contributed by atoms with Crippen molar-refractivity contribution in [3.8, 4) is 5.75 Å². The predicted molar refractivity (Wildman–Crippen MR) is 91.2 cm³/mol. The molecule has 0 fully saturated rings. The van der Waals surface area contributed by atoms with E-state index in [0.717, 1.165) is 11.3 Å². The molecule has 2 N–H and O–H groups in total. The third-order valence-corrected chi connectivity index (χ3v) is 3.25. The molecule has 0 bridgehead atoms. The van der Waals surface area contributed by atoms with Crippen LogP contribution in [0.15, 0.2) is 54.6 Å². The average molecular weight is 314 g/mol. The monoisotopic (exact) mass is 314 g/mol. The number of carbonyl (C=O) groups is 1. The van der Waals surface area contributed by atoms with Crippen LogP contribution in [-0.4, -0.2) is 24.2 Å². The molecule has 5 heteroatoms. The maximum Gasteiger partial charge on any atom is 0.257 e. The maximum absolute atomic E-state index is 11.9. The van der Waals surface area contributed by atoms with E-state index < -0.39 is 0 Å². The Bertz CT molecular complexity index is 644. The summed E-state index contributed by atoms with van der Waals surface area (Å²) in [6.07, 6.45) is 0. The summed E-state index contributed by atoms with van der Waals surface area (Å²) >= 11 is 5.09. The number of carbonyl (C=O) groups excluding carboxylic acids is 1. The number of ether oxygens (including phenoxy) is 1. The number of aryl methyl sites for hydroxylation is 1. The van der Waals surface area contributed by atoms with Gasteiger partial charge >= 0.3 is 0 Å². The number of benzene rings is 2. The second kappa shape index (κ2) is 8.14. The summed E-state index contributed by atoms with van der Waals surface area (Å²) < 4.78 is 5.64. The minimum absolute atomic E-state index is 0.224. The zero-order chi connectivity index (χ0) is 15.8. The van der Waals surface area contributed by atoms with Crippen LogP contribution < -0.4 is 15.4 Å². The largest absolute Gasteiger partial charge is 0.491 e. The molecule has 0 heterocycles. The van der Waals surface area contributed by atoms with Crippen molar-refractivity contribution in [2.75, 3.05) is 13.2 Å². The molecule has 22 heavy (non-hydrogen) atoms. The Morgan fingerprint density at radius 2 is 1.77 bits per heavy atom. The lowest BCUT2D eigenvalue weighted by Crippen LogP contribution is -2.40. The molecule has 4 nitrogen and oxygen atoms in total. The van der Waals surface area contributed by atoms with Crippen molar-refractivity contribution in [1.29, 1.82) is 0 Å². The average Bonchev–Trinajstić information content (AvgIpc) is 2.54. The van der Waals surface area contributed by atoms with E-state index in [2.05, 4.69) is 10.6 Å². The molecule has 0 aliphatic carbocycles. The lowest BCUT2D eigenvalue weighted by molar-refractivity contribution is 0.0976. The molecule has 0 unspecified atom stereocenters. The molecule has 0 aliphatic rings. The lowest BCUT2D eigenvalue weighted by Gasteiger charge is -2.11. The maximum atomic E-state index is 11.9.